The van der Waals surface area contributed by atoms with Crippen molar-refractivity contribution in [2.75, 3.05) is 25.1 Å². The van der Waals surface area contributed by atoms with Gasteiger partial charge in [-0.3, -0.25) is 0 Å². The van der Waals surface area contributed by atoms with Gasteiger partial charge in [-0.05, 0) is 37.2 Å². The fourth-order valence-electron chi connectivity index (χ4n) is 1.97. The largest absolute Gasteiger partial charge is 0.495 e. The van der Waals surface area contributed by atoms with Gasteiger partial charge >= 0.3 is 0 Å². The van der Waals surface area contributed by atoms with Crippen LogP contribution in [0.15, 0.2) is 48.7 Å². The van der Waals surface area contributed by atoms with Crippen molar-refractivity contribution in [2.24, 2.45) is 5.73 Å². The second kappa shape index (κ2) is 6.75. The van der Waals surface area contributed by atoms with Crippen LogP contribution in [0.2, 0.25) is 0 Å². The molecular weight excluding hydrogens is 238 g/mol. The number of ether oxygens (including phenoxy) is 1. The zero-order chi connectivity index (χ0) is 13.5. The number of pyridine rings is 1. The third kappa shape index (κ3) is 3.23. The fraction of sp³-hybridized carbons (Fsp3) is 0.267. The van der Waals surface area contributed by atoms with E-state index in [4.69, 9.17) is 10.5 Å². The van der Waals surface area contributed by atoms with E-state index >= 15 is 0 Å². The van der Waals surface area contributed by atoms with Gasteiger partial charge in [-0.25, -0.2) is 4.98 Å². The first-order chi connectivity index (χ1) is 9.36. The highest BCUT2D eigenvalue weighted by Gasteiger charge is 2.13. The summed E-state index contributed by atoms with van der Waals surface area (Å²) in [5.74, 6) is 1.74. The monoisotopic (exact) mass is 257 g/mol. The molecule has 0 saturated carbocycles. The summed E-state index contributed by atoms with van der Waals surface area (Å²) in [5, 5.41) is 0. The molecule has 1 aromatic carbocycles. The molecule has 0 amide bonds. The van der Waals surface area contributed by atoms with Gasteiger partial charge in [0.15, 0.2) is 0 Å². The fourth-order valence-corrected chi connectivity index (χ4v) is 1.97. The van der Waals surface area contributed by atoms with Crippen LogP contribution in [0.5, 0.6) is 5.75 Å². The van der Waals surface area contributed by atoms with Crippen molar-refractivity contribution in [1.29, 1.82) is 0 Å². The number of benzene rings is 1. The van der Waals surface area contributed by atoms with E-state index in [0.717, 1.165) is 30.2 Å². The van der Waals surface area contributed by atoms with Crippen LogP contribution in [0.1, 0.15) is 6.42 Å². The lowest BCUT2D eigenvalue weighted by molar-refractivity contribution is 0.415. The predicted molar refractivity (Wildman–Crippen MR) is 77.9 cm³/mol. The van der Waals surface area contributed by atoms with Gasteiger partial charge in [0.25, 0.3) is 0 Å². The molecule has 0 aliphatic heterocycles. The van der Waals surface area contributed by atoms with Crippen molar-refractivity contribution in [1.82, 2.24) is 4.98 Å². The first-order valence-corrected chi connectivity index (χ1v) is 6.38. The topological polar surface area (TPSA) is 51.4 Å². The average Bonchev–Trinajstić information content (AvgIpc) is 2.49. The van der Waals surface area contributed by atoms with Gasteiger partial charge in [0.05, 0.1) is 12.8 Å². The van der Waals surface area contributed by atoms with Crippen LogP contribution in [-0.2, 0) is 0 Å². The van der Waals surface area contributed by atoms with Crippen LogP contribution in [0, 0.1) is 0 Å². The highest BCUT2D eigenvalue weighted by atomic mass is 16.5. The molecule has 4 nitrogen and oxygen atoms in total. The molecule has 0 atom stereocenters. The quantitative estimate of drug-likeness (QED) is 0.864. The first kappa shape index (κ1) is 13.4. The molecule has 4 heteroatoms. The summed E-state index contributed by atoms with van der Waals surface area (Å²) in [6.07, 6.45) is 2.69. The van der Waals surface area contributed by atoms with Gasteiger partial charge < -0.3 is 15.4 Å². The number of hydrogen-bond donors (Lipinski definition) is 1. The number of methoxy groups -OCH3 is 1. The number of hydrogen-bond acceptors (Lipinski definition) is 4. The molecule has 2 aromatic rings. The lowest BCUT2D eigenvalue weighted by Crippen LogP contribution is -2.22. The molecule has 19 heavy (non-hydrogen) atoms. The molecule has 0 fully saturated rings. The van der Waals surface area contributed by atoms with E-state index in [1.165, 1.54) is 0 Å². The SMILES string of the molecule is COc1ccccc1N(CCCN)c1ccccn1. The molecule has 2 rings (SSSR count). The summed E-state index contributed by atoms with van der Waals surface area (Å²) in [7, 11) is 1.68. The van der Waals surface area contributed by atoms with Gasteiger partial charge in [-0.1, -0.05) is 18.2 Å². The normalized spacial score (nSPS) is 10.2. The molecule has 100 valence electrons. The van der Waals surface area contributed by atoms with E-state index in [0.29, 0.717) is 6.54 Å². The summed E-state index contributed by atoms with van der Waals surface area (Å²) in [4.78, 5) is 6.54. The maximum Gasteiger partial charge on any atom is 0.142 e. The molecule has 0 bridgehead atoms. The van der Waals surface area contributed by atoms with Crippen LogP contribution in [0.25, 0.3) is 0 Å². The Hall–Kier alpha value is -2.07. The minimum absolute atomic E-state index is 0.651. The summed E-state index contributed by atoms with van der Waals surface area (Å²) in [5.41, 5.74) is 6.64. The summed E-state index contributed by atoms with van der Waals surface area (Å²) in [6, 6.07) is 13.8. The molecule has 1 aromatic heterocycles. The molecule has 0 aliphatic carbocycles. The Kier molecular flexibility index (Phi) is 4.75. The third-order valence-electron chi connectivity index (χ3n) is 2.89. The Bertz CT molecular complexity index is 502. The van der Waals surface area contributed by atoms with E-state index in [1.807, 2.05) is 42.5 Å². The lowest BCUT2D eigenvalue weighted by atomic mass is 10.2. The minimum atomic E-state index is 0.651. The highest BCUT2D eigenvalue weighted by Crippen LogP contribution is 2.32. The molecule has 0 radical (unpaired) electrons. The zero-order valence-corrected chi connectivity index (χ0v) is 11.1. The van der Waals surface area contributed by atoms with E-state index < -0.39 is 0 Å². The highest BCUT2D eigenvalue weighted by molar-refractivity contribution is 5.66. The van der Waals surface area contributed by atoms with Crippen molar-refractivity contribution < 1.29 is 4.74 Å². The minimum Gasteiger partial charge on any atom is -0.495 e. The lowest BCUT2D eigenvalue weighted by Gasteiger charge is -2.25. The van der Waals surface area contributed by atoms with Crippen LogP contribution in [-0.4, -0.2) is 25.2 Å². The number of para-hydroxylation sites is 2. The Labute approximate surface area is 113 Å². The Balaban J connectivity index is 2.37. The standard InChI is InChI=1S/C15H19N3O/c1-19-14-8-3-2-7-13(14)18(12-6-10-16)15-9-4-5-11-17-15/h2-5,7-9,11H,6,10,12,16H2,1H3. The van der Waals surface area contributed by atoms with Crippen LogP contribution >= 0.6 is 0 Å². The zero-order valence-electron chi connectivity index (χ0n) is 11.1. The van der Waals surface area contributed by atoms with Crippen molar-refractivity contribution >= 4 is 11.5 Å². The summed E-state index contributed by atoms with van der Waals surface area (Å²) >= 11 is 0. The predicted octanol–water partition coefficient (Wildman–Crippen LogP) is 2.58. The van der Waals surface area contributed by atoms with Crippen molar-refractivity contribution in [3.05, 3.63) is 48.7 Å². The van der Waals surface area contributed by atoms with Gasteiger partial charge in [-0.2, -0.15) is 0 Å². The van der Waals surface area contributed by atoms with Crippen molar-refractivity contribution in [2.45, 2.75) is 6.42 Å². The Morgan fingerprint density at radius 2 is 1.95 bits per heavy atom. The Morgan fingerprint density at radius 1 is 1.16 bits per heavy atom. The first-order valence-electron chi connectivity index (χ1n) is 6.38. The van der Waals surface area contributed by atoms with Gasteiger partial charge in [0, 0.05) is 12.7 Å². The Morgan fingerprint density at radius 3 is 2.63 bits per heavy atom. The van der Waals surface area contributed by atoms with E-state index in [9.17, 15) is 0 Å². The van der Waals surface area contributed by atoms with E-state index in [2.05, 4.69) is 9.88 Å². The number of rotatable bonds is 6. The molecule has 1 heterocycles. The van der Waals surface area contributed by atoms with Crippen LogP contribution < -0.4 is 15.4 Å². The van der Waals surface area contributed by atoms with Gasteiger partial charge in [0.2, 0.25) is 0 Å². The molecule has 2 N–H and O–H groups in total. The van der Waals surface area contributed by atoms with Crippen molar-refractivity contribution in [3.8, 4) is 5.75 Å². The number of anilines is 2. The van der Waals surface area contributed by atoms with Crippen LogP contribution in [0.3, 0.4) is 0 Å². The molecule has 0 saturated heterocycles. The number of nitrogens with zero attached hydrogens (tertiary/aromatic N) is 2. The average molecular weight is 257 g/mol. The molecular formula is C15H19N3O. The summed E-state index contributed by atoms with van der Waals surface area (Å²) in [6.45, 7) is 1.46. The number of nitrogens with two attached hydrogens (primary N) is 1. The van der Waals surface area contributed by atoms with Gasteiger partial charge in [-0.15, -0.1) is 0 Å². The second-order valence-electron chi connectivity index (χ2n) is 4.15. The van der Waals surface area contributed by atoms with Crippen LogP contribution in [0.4, 0.5) is 11.5 Å². The molecule has 0 aliphatic rings. The maximum atomic E-state index is 5.63. The second-order valence-corrected chi connectivity index (χ2v) is 4.15. The smallest absolute Gasteiger partial charge is 0.142 e. The van der Waals surface area contributed by atoms with E-state index in [1.54, 1.807) is 13.3 Å². The molecule has 0 spiro atoms. The molecule has 0 unspecified atom stereocenters. The van der Waals surface area contributed by atoms with E-state index in [-0.39, 0.29) is 0 Å². The van der Waals surface area contributed by atoms with Gasteiger partial charge in [0.1, 0.15) is 11.6 Å². The maximum absolute atomic E-state index is 5.63. The van der Waals surface area contributed by atoms with Crippen molar-refractivity contribution in [3.63, 3.8) is 0 Å². The third-order valence-corrected chi connectivity index (χ3v) is 2.89. The summed E-state index contributed by atoms with van der Waals surface area (Å²) < 4.78 is 5.43. The number of aromatic nitrogens is 1.